The number of nitrogens with zero attached hydrogens (tertiary/aromatic N) is 2. The summed E-state index contributed by atoms with van der Waals surface area (Å²) in [5, 5.41) is 3.21. The third kappa shape index (κ3) is 5.04. The summed E-state index contributed by atoms with van der Waals surface area (Å²) in [7, 11) is 3.20. The number of aromatic nitrogens is 1. The summed E-state index contributed by atoms with van der Waals surface area (Å²) in [5.74, 6) is 1.85. The van der Waals surface area contributed by atoms with Gasteiger partial charge < -0.3 is 19.7 Å². The fourth-order valence-corrected chi connectivity index (χ4v) is 2.99. The van der Waals surface area contributed by atoms with Gasteiger partial charge in [-0.3, -0.25) is 4.79 Å². The van der Waals surface area contributed by atoms with Crippen molar-refractivity contribution in [3.8, 4) is 11.5 Å². The first kappa shape index (κ1) is 20.2. The second-order valence-electron chi connectivity index (χ2n) is 6.43. The first-order chi connectivity index (χ1) is 14.1. The van der Waals surface area contributed by atoms with E-state index in [0.717, 1.165) is 11.3 Å². The summed E-state index contributed by atoms with van der Waals surface area (Å²) in [6.45, 7) is 3.15. The molecule has 29 heavy (non-hydrogen) atoms. The lowest BCUT2D eigenvalue weighted by atomic mass is 10.1. The van der Waals surface area contributed by atoms with Crippen molar-refractivity contribution in [2.45, 2.75) is 13.5 Å². The Kier molecular flexibility index (Phi) is 6.68. The van der Waals surface area contributed by atoms with Gasteiger partial charge in [0.05, 0.1) is 19.9 Å². The summed E-state index contributed by atoms with van der Waals surface area (Å²) in [4.78, 5) is 19.2. The maximum absolute atomic E-state index is 13.0. The second-order valence-corrected chi connectivity index (χ2v) is 6.43. The molecule has 3 aromatic rings. The van der Waals surface area contributed by atoms with Crippen LogP contribution >= 0.6 is 0 Å². The van der Waals surface area contributed by atoms with Crippen molar-refractivity contribution in [1.29, 1.82) is 0 Å². The number of carbonyl (C=O) groups excluding carboxylic acids is 1. The maximum Gasteiger partial charge on any atom is 0.254 e. The van der Waals surface area contributed by atoms with Crippen LogP contribution in [0.25, 0.3) is 0 Å². The quantitative estimate of drug-likeness (QED) is 0.612. The number of nitrogens with one attached hydrogen (secondary N) is 1. The maximum atomic E-state index is 13.0. The number of pyridine rings is 1. The Morgan fingerprint density at radius 2 is 1.83 bits per heavy atom. The molecular formula is C23H25N3O3. The molecule has 0 aliphatic carbocycles. The van der Waals surface area contributed by atoms with E-state index >= 15 is 0 Å². The van der Waals surface area contributed by atoms with Crippen LogP contribution in [0.5, 0.6) is 11.5 Å². The molecule has 0 bridgehead atoms. The van der Waals surface area contributed by atoms with Gasteiger partial charge in [0.15, 0.2) is 0 Å². The third-order valence-electron chi connectivity index (χ3n) is 4.56. The standard InChI is InChI=1S/C23H25N3O3/c1-4-26(16-17-8-6-5-7-9-17)23(27)18-12-13-24-22(14-18)25-20-11-10-19(28-2)15-21(20)29-3/h5-15H,4,16H2,1-3H3,(H,24,25). The highest BCUT2D eigenvalue weighted by molar-refractivity contribution is 5.95. The zero-order chi connectivity index (χ0) is 20.6. The number of methoxy groups -OCH3 is 2. The summed E-state index contributed by atoms with van der Waals surface area (Å²) in [5.41, 5.74) is 2.41. The Balaban J connectivity index is 1.79. The van der Waals surface area contributed by atoms with Crippen LogP contribution in [0.2, 0.25) is 0 Å². The monoisotopic (exact) mass is 391 g/mol. The Bertz CT molecular complexity index is 961. The van der Waals surface area contributed by atoms with Crippen molar-refractivity contribution in [3.63, 3.8) is 0 Å². The highest BCUT2D eigenvalue weighted by atomic mass is 16.5. The van der Waals surface area contributed by atoms with Gasteiger partial charge in [-0.05, 0) is 36.8 Å². The lowest BCUT2D eigenvalue weighted by molar-refractivity contribution is 0.0752. The highest BCUT2D eigenvalue weighted by Crippen LogP contribution is 2.31. The molecule has 0 unspecified atom stereocenters. The van der Waals surface area contributed by atoms with Gasteiger partial charge in [0.25, 0.3) is 5.91 Å². The Hall–Kier alpha value is -3.54. The van der Waals surface area contributed by atoms with Crippen LogP contribution in [0.1, 0.15) is 22.8 Å². The van der Waals surface area contributed by atoms with E-state index in [-0.39, 0.29) is 5.91 Å². The van der Waals surface area contributed by atoms with Crippen LogP contribution in [0.15, 0.2) is 66.9 Å². The summed E-state index contributed by atoms with van der Waals surface area (Å²) in [6, 6.07) is 18.9. The van der Waals surface area contributed by atoms with Crippen LogP contribution in [-0.2, 0) is 6.54 Å². The number of benzene rings is 2. The molecule has 3 rings (SSSR count). The summed E-state index contributed by atoms with van der Waals surface area (Å²) >= 11 is 0. The van der Waals surface area contributed by atoms with Crippen molar-refractivity contribution in [2.75, 3.05) is 26.1 Å². The van der Waals surface area contributed by atoms with Crippen molar-refractivity contribution in [1.82, 2.24) is 9.88 Å². The fraction of sp³-hybridized carbons (Fsp3) is 0.217. The minimum Gasteiger partial charge on any atom is -0.497 e. The van der Waals surface area contributed by atoms with Gasteiger partial charge in [-0.25, -0.2) is 4.98 Å². The fourth-order valence-electron chi connectivity index (χ4n) is 2.99. The van der Waals surface area contributed by atoms with E-state index in [1.807, 2.05) is 54.3 Å². The number of ether oxygens (including phenoxy) is 2. The van der Waals surface area contributed by atoms with Crippen molar-refractivity contribution in [3.05, 3.63) is 78.0 Å². The molecule has 2 aromatic carbocycles. The molecule has 0 atom stereocenters. The lowest BCUT2D eigenvalue weighted by Gasteiger charge is -2.21. The molecule has 0 radical (unpaired) electrons. The minimum absolute atomic E-state index is 0.0384. The van der Waals surface area contributed by atoms with Gasteiger partial charge in [-0.1, -0.05) is 30.3 Å². The molecule has 6 nitrogen and oxygen atoms in total. The molecule has 1 N–H and O–H groups in total. The summed E-state index contributed by atoms with van der Waals surface area (Å²) in [6.07, 6.45) is 1.63. The second kappa shape index (κ2) is 9.59. The van der Waals surface area contributed by atoms with Gasteiger partial charge in [0.1, 0.15) is 17.3 Å². The number of carbonyl (C=O) groups is 1. The number of rotatable bonds is 8. The average molecular weight is 391 g/mol. The van der Waals surface area contributed by atoms with Crippen LogP contribution < -0.4 is 14.8 Å². The molecule has 1 amide bonds. The largest absolute Gasteiger partial charge is 0.497 e. The minimum atomic E-state index is -0.0384. The highest BCUT2D eigenvalue weighted by Gasteiger charge is 2.16. The zero-order valence-corrected chi connectivity index (χ0v) is 16.9. The normalized spacial score (nSPS) is 10.3. The smallest absolute Gasteiger partial charge is 0.254 e. The first-order valence-corrected chi connectivity index (χ1v) is 9.43. The van der Waals surface area contributed by atoms with Gasteiger partial charge in [-0.2, -0.15) is 0 Å². The van der Waals surface area contributed by atoms with Crippen molar-refractivity contribution in [2.24, 2.45) is 0 Å². The molecule has 1 heterocycles. The molecule has 0 spiro atoms. The molecular weight excluding hydrogens is 366 g/mol. The van der Waals surface area contributed by atoms with Crippen LogP contribution in [0.3, 0.4) is 0 Å². The van der Waals surface area contributed by atoms with Crippen molar-refractivity contribution >= 4 is 17.4 Å². The van der Waals surface area contributed by atoms with Gasteiger partial charge in [0.2, 0.25) is 0 Å². The van der Waals surface area contributed by atoms with Crippen LogP contribution in [0.4, 0.5) is 11.5 Å². The number of amides is 1. The first-order valence-electron chi connectivity index (χ1n) is 9.43. The third-order valence-corrected chi connectivity index (χ3v) is 4.56. The topological polar surface area (TPSA) is 63.7 Å². The van der Waals surface area contributed by atoms with E-state index in [9.17, 15) is 4.79 Å². The number of hydrogen-bond donors (Lipinski definition) is 1. The average Bonchev–Trinajstić information content (AvgIpc) is 2.78. The van der Waals surface area contributed by atoms with Gasteiger partial charge >= 0.3 is 0 Å². The van der Waals surface area contributed by atoms with E-state index in [1.165, 1.54) is 0 Å². The van der Waals surface area contributed by atoms with E-state index in [4.69, 9.17) is 9.47 Å². The van der Waals surface area contributed by atoms with Crippen molar-refractivity contribution < 1.29 is 14.3 Å². The lowest BCUT2D eigenvalue weighted by Crippen LogP contribution is -2.30. The van der Waals surface area contributed by atoms with E-state index in [1.54, 1.807) is 38.6 Å². The molecule has 0 aliphatic rings. The number of anilines is 2. The number of hydrogen-bond acceptors (Lipinski definition) is 5. The van der Waals surface area contributed by atoms with Gasteiger partial charge in [0, 0.05) is 30.9 Å². The van der Waals surface area contributed by atoms with Gasteiger partial charge in [-0.15, -0.1) is 0 Å². The Labute approximate surface area is 171 Å². The van der Waals surface area contributed by atoms with Crippen LogP contribution in [-0.4, -0.2) is 36.6 Å². The molecule has 0 fully saturated rings. The SMILES string of the molecule is CCN(Cc1ccccc1)C(=O)c1ccnc(Nc2ccc(OC)cc2OC)c1. The molecule has 6 heteroatoms. The van der Waals surface area contributed by atoms with E-state index in [0.29, 0.717) is 36.0 Å². The molecule has 150 valence electrons. The Morgan fingerprint density at radius 1 is 1.03 bits per heavy atom. The van der Waals surface area contributed by atoms with Crippen LogP contribution in [0, 0.1) is 0 Å². The van der Waals surface area contributed by atoms with E-state index in [2.05, 4.69) is 10.3 Å². The van der Waals surface area contributed by atoms with E-state index < -0.39 is 0 Å². The zero-order valence-electron chi connectivity index (χ0n) is 16.9. The molecule has 0 saturated heterocycles. The predicted molar refractivity (Wildman–Crippen MR) is 114 cm³/mol. The summed E-state index contributed by atoms with van der Waals surface area (Å²) < 4.78 is 10.6. The predicted octanol–water partition coefficient (Wildman–Crippen LogP) is 4.50. The molecule has 0 aliphatic heterocycles. The molecule has 1 aromatic heterocycles. The Morgan fingerprint density at radius 3 is 2.52 bits per heavy atom. The molecule has 0 saturated carbocycles.